The van der Waals surface area contributed by atoms with Gasteiger partial charge in [-0.2, -0.15) is 0 Å². The maximum absolute atomic E-state index is 13.7. The molecule has 1 saturated heterocycles. The Kier molecular flexibility index (Phi) is 3.44. The van der Waals surface area contributed by atoms with Crippen LogP contribution >= 0.6 is 0 Å². The lowest BCUT2D eigenvalue weighted by Gasteiger charge is -2.60. The van der Waals surface area contributed by atoms with Crippen LogP contribution in [0.5, 0.6) is 0 Å². The van der Waals surface area contributed by atoms with Crippen molar-refractivity contribution in [1.29, 1.82) is 0 Å². The van der Waals surface area contributed by atoms with Gasteiger partial charge >= 0.3 is 6.03 Å². The van der Waals surface area contributed by atoms with Crippen LogP contribution in [0, 0.1) is 29.0 Å². The first kappa shape index (κ1) is 17.0. The second-order valence-corrected chi connectivity index (χ2v) is 9.51. The van der Waals surface area contributed by atoms with Gasteiger partial charge in [-0.25, -0.2) is 9.18 Å². The van der Waals surface area contributed by atoms with E-state index in [1.165, 1.54) is 12.1 Å². The zero-order valence-corrected chi connectivity index (χ0v) is 15.6. The molecule has 5 aliphatic rings. The van der Waals surface area contributed by atoms with Crippen molar-refractivity contribution >= 4 is 11.9 Å². The summed E-state index contributed by atoms with van der Waals surface area (Å²) in [4.78, 5) is 27.0. The van der Waals surface area contributed by atoms with E-state index in [2.05, 4.69) is 5.32 Å². The molecule has 1 aromatic rings. The molecule has 0 spiro atoms. The second kappa shape index (κ2) is 5.46. The summed E-state index contributed by atoms with van der Waals surface area (Å²) < 4.78 is 13.7. The Morgan fingerprint density at radius 1 is 1.26 bits per heavy atom. The molecule has 2 unspecified atom stereocenters. The molecule has 4 aliphatic carbocycles. The summed E-state index contributed by atoms with van der Waals surface area (Å²) in [5.41, 5.74) is 5.62. The Morgan fingerprint density at radius 2 is 1.96 bits per heavy atom. The van der Waals surface area contributed by atoms with Gasteiger partial charge in [-0.3, -0.25) is 4.79 Å². The highest BCUT2D eigenvalue weighted by molar-refractivity contribution is 5.82. The third-order valence-electron chi connectivity index (χ3n) is 7.70. The van der Waals surface area contributed by atoms with E-state index in [1.807, 2.05) is 17.9 Å². The Bertz CT molecular complexity index is 811. The van der Waals surface area contributed by atoms with Gasteiger partial charge in [0.15, 0.2) is 0 Å². The van der Waals surface area contributed by atoms with E-state index in [0.717, 1.165) is 37.7 Å². The average Bonchev–Trinajstić information content (AvgIpc) is 2.90. The van der Waals surface area contributed by atoms with Crippen molar-refractivity contribution < 1.29 is 14.0 Å². The summed E-state index contributed by atoms with van der Waals surface area (Å²) in [6, 6.07) is 6.55. The van der Waals surface area contributed by atoms with Crippen molar-refractivity contribution in [3.8, 4) is 0 Å². The van der Waals surface area contributed by atoms with Crippen LogP contribution in [0.15, 0.2) is 24.3 Å². The fourth-order valence-electron chi connectivity index (χ4n) is 6.80. The normalized spacial score (nSPS) is 42.4. The van der Waals surface area contributed by atoms with Gasteiger partial charge in [0, 0.05) is 18.0 Å². The summed E-state index contributed by atoms with van der Waals surface area (Å²) in [5, 5.41) is 3.09. The first-order chi connectivity index (χ1) is 12.8. The smallest absolute Gasteiger partial charge is 0.318 e. The van der Waals surface area contributed by atoms with Crippen molar-refractivity contribution in [3.05, 3.63) is 35.6 Å². The Morgan fingerprint density at radius 3 is 2.59 bits per heavy atom. The molecule has 3 atom stereocenters. The minimum atomic E-state index is -0.602. The Balaban J connectivity index is 1.43. The maximum Gasteiger partial charge on any atom is 0.318 e. The van der Waals surface area contributed by atoms with E-state index < -0.39 is 5.54 Å². The predicted octanol–water partition coefficient (Wildman–Crippen LogP) is 2.75. The largest absolute Gasteiger partial charge is 0.369 e. The lowest BCUT2D eigenvalue weighted by Crippen LogP contribution is -2.62. The minimum absolute atomic E-state index is 0.0765. The molecule has 0 radical (unpaired) electrons. The van der Waals surface area contributed by atoms with Crippen LogP contribution in [0.3, 0.4) is 0 Å². The summed E-state index contributed by atoms with van der Waals surface area (Å²) in [5.74, 6) is 0.788. The molecule has 6 rings (SSSR count). The minimum Gasteiger partial charge on any atom is -0.369 e. The number of nitrogens with one attached hydrogen (secondary N) is 1. The number of hydrogen-bond donors (Lipinski definition) is 2. The summed E-state index contributed by atoms with van der Waals surface area (Å²) in [6.07, 6.45) is 4.70. The topological polar surface area (TPSA) is 75.4 Å². The fraction of sp³-hybridized carbons (Fsp3) is 0.619. The molecular weight excluding hydrogens is 345 g/mol. The molecule has 27 heavy (non-hydrogen) atoms. The number of carbonyl (C=O) groups excluding carboxylic acids is 2. The number of nitrogens with two attached hydrogens (primary N) is 1. The zero-order valence-electron chi connectivity index (χ0n) is 15.6. The zero-order chi connectivity index (χ0) is 19.0. The fourth-order valence-corrected chi connectivity index (χ4v) is 6.80. The molecule has 5 fully saturated rings. The Labute approximate surface area is 158 Å². The van der Waals surface area contributed by atoms with Crippen LogP contribution in [0.2, 0.25) is 0 Å². The molecule has 6 heteroatoms. The first-order valence-corrected chi connectivity index (χ1v) is 9.94. The highest BCUT2D eigenvalue weighted by atomic mass is 19.1. The van der Waals surface area contributed by atoms with E-state index in [0.29, 0.717) is 24.3 Å². The van der Waals surface area contributed by atoms with E-state index in [1.54, 1.807) is 6.07 Å². The van der Waals surface area contributed by atoms with Gasteiger partial charge in [0.1, 0.15) is 5.82 Å². The third-order valence-corrected chi connectivity index (χ3v) is 7.70. The average molecular weight is 371 g/mol. The van der Waals surface area contributed by atoms with Crippen molar-refractivity contribution in [2.45, 2.75) is 50.6 Å². The SMILES string of the molecule is C[C@]1(c2cccc(F)c2)CN(C2C3CC4CC2CC(C(N)=O)(C4)C3)C(=O)N1. The van der Waals surface area contributed by atoms with Crippen molar-refractivity contribution in [2.24, 2.45) is 28.9 Å². The van der Waals surface area contributed by atoms with Crippen molar-refractivity contribution in [1.82, 2.24) is 10.2 Å². The first-order valence-electron chi connectivity index (χ1n) is 9.94. The predicted molar refractivity (Wildman–Crippen MR) is 98.0 cm³/mol. The quantitative estimate of drug-likeness (QED) is 0.857. The number of amides is 3. The lowest BCUT2D eigenvalue weighted by molar-refractivity contribution is -0.150. The molecule has 144 valence electrons. The number of rotatable bonds is 3. The Hall–Kier alpha value is -2.11. The monoisotopic (exact) mass is 371 g/mol. The number of halogens is 1. The van der Waals surface area contributed by atoms with Crippen LogP contribution in [-0.2, 0) is 10.3 Å². The summed E-state index contributed by atoms with van der Waals surface area (Å²) >= 11 is 0. The number of urea groups is 1. The van der Waals surface area contributed by atoms with Gasteiger partial charge in [-0.1, -0.05) is 12.1 Å². The van der Waals surface area contributed by atoms with E-state index in [4.69, 9.17) is 5.73 Å². The molecule has 3 N–H and O–H groups in total. The van der Waals surface area contributed by atoms with Gasteiger partial charge < -0.3 is 16.0 Å². The number of primary amides is 1. The van der Waals surface area contributed by atoms with Gasteiger partial charge in [-0.15, -0.1) is 0 Å². The van der Waals surface area contributed by atoms with Gasteiger partial charge in [0.05, 0.1) is 5.54 Å². The van der Waals surface area contributed by atoms with E-state index in [-0.39, 0.29) is 29.2 Å². The highest BCUT2D eigenvalue weighted by Gasteiger charge is 2.60. The van der Waals surface area contributed by atoms with Crippen LogP contribution in [0.1, 0.15) is 44.6 Å². The van der Waals surface area contributed by atoms with Gasteiger partial charge in [-0.05, 0) is 74.5 Å². The third kappa shape index (κ3) is 2.41. The summed E-state index contributed by atoms with van der Waals surface area (Å²) in [7, 11) is 0. The molecule has 4 saturated carbocycles. The molecule has 1 aliphatic heterocycles. The maximum atomic E-state index is 13.7. The molecule has 3 amide bonds. The number of nitrogens with zero attached hydrogens (tertiary/aromatic N) is 1. The lowest BCUT2D eigenvalue weighted by atomic mass is 9.47. The van der Waals surface area contributed by atoms with Crippen molar-refractivity contribution in [2.75, 3.05) is 6.54 Å². The summed E-state index contributed by atoms with van der Waals surface area (Å²) in [6.45, 7) is 2.49. The molecule has 4 bridgehead atoms. The molecule has 0 aromatic heterocycles. The number of hydrogen-bond acceptors (Lipinski definition) is 2. The molecule has 1 aromatic carbocycles. The molecular formula is C21H26FN3O2. The van der Waals surface area contributed by atoms with Crippen molar-refractivity contribution in [3.63, 3.8) is 0 Å². The van der Waals surface area contributed by atoms with E-state index in [9.17, 15) is 14.0 Å². The van der Waals surface area contributed by atoms with Crippen LogP contribution < -0.4 is 11.1 Å². The number of carbonyl (C=O) groups is 2. The van der Waals surface area contributed by atoms with Crippen LogP contribution in [0.25, 0.3) is 0 Å². The molecule has 1 heterocycles. The van der Waals surface area contributed by atoms with Gasteiger partial charge in [0.2, 0.25) is 5.91 Å². The standard InChI is InChI=1S/C21H26FN3O2/c1-20(15-3-2-4-16(22)7-15)11-25(19(27)24-20)17-13-5-12-6-14(17)10-21(8-12,9-13)18(23)26/h2-4,7,12-14,17H,5-6,8-11H2,1H3,(H2,23,26)(H,24,27)/t12?,13?,14?,17?,20-,21?/m1/s1. The molecule has 5 nitrogen and oxygen atoms in total. The highest BCUT2D eigenvalue weighted by Crippen LogP contribution is 2.61. The van der Waals surface area contributed by atoms with Crippen LogP contribution in [-0.4, -0.2) is 29.4 Å². The van der Waals surface area contributed by atoms with Gasteiger partial charge in [0.25, 0.3) is 0 Å². The van der Waals surface area contributed by atoms with Crippen LogP contribution in [0.4, 0.5) is 9.18 Å². The second-order valence-electron chi connectivity index (χ2n) is 9.51. The number of benzene rings is 1. The van der Waals surface area contributed by atoms with E-state index >= 15 is 0 Å².